The molecule has 36 heavy (non-hydrogen) atoms. The molecule has 2 heterocycles. The Labute approximate surface area is 224 Å². The minimum atomic E-state index is -0.473. The summed E-state index contributed by atoms with van der Waals surface area (Å²) in [6, 6.07) is 15.4. The number of nitrogens with two attached hydrogens (primary N) is 2. The van der Waals surface area contributed by atoms with Crippen LogP contribution in [0.1, 0.15) is 35.7 Å². The Kier molecular flexibility index (Phi) is 10.1. The van der Waals surface area contributed by atoms with E-state index in [-0.39, 0.29) is 42.5 Å². The van der Waals surface area contributed by atoms with Gasteiger partial charge >= 0.3 is 0 Å². The third kappa shape index (κ3) is 6.27. The van der Waals surface area contributed by atoms with Crippen LogP contribution in [-0.4, -0.2) is 40.3 Å². The molecule has 2 aromatic carbocycles. The Morgan fingerprint density at radius 3 is 2.39 bits per heavy atom. The molecule has 5 N–H and O–H groups in total. The number of hydrogen-bond donors (Lipinski definition) is 3. The molecule has 1 aliphatic heterocycles. The highest BCUT2D eigenvalue weighted by Gasteiger charge is 2.40. The smallest absolute Gasteiger partial charge is 0.237 e. The molecule has 0 aliphatic carbocycles. The molecule has 1 fully saturated rings. The van der Waals surface area contributed by atoms with Gasteiger partial charge in [0.25, 0.3) is 0 Å². The van der Waals surface area contributed by atoms with E-state index in [0.717, 1.165) is 17.7 Å². The molecule has 0 radical (unpaired) electrons. The fourth-order valence-electron chi connectivity index (χ4n) is 5.08. The maximum atomic E-state index is 13.0. The third-order valence-corrected chi connectivity index (χ3v) is 7.04. The summed E-state index contributed by atoms with van der Waals surface area (Å²) < 4.78 is 0. The van der Waals surface area contributed by atoms with E-state index in [0.29, 0.717) is 25.3 Å². The lowest BCUT2D eigenvalue weighted by Crippen LogP contribution is -2.51. The van der Waals surface area contributed by atoms with Gasteiger partial charge in [0, 0.05) is 18.8 Å². The zero-order valence-corrected chi connectivity index (χ0v) is 22.5. The van der Waals surface area contributed by atoms with Crippen molar-refractivity contribution >= 4 is 53.2 Å². The van der Waals surface area contributed by atoms with Gasteiger partial charge in [0.15, 0.2) is 0 Å². The lowest BCUT2D eigenvalue weighted by atomic mass is 9.91. The molecule has 0 saturated carbocycles. The van der Waals surface area contributed by atoms with Gasteiger partial charge in [0.05, 0.1) is 12.1 Å². The molecular weight excluding hydrogens is 497 g/mol. The van der Waals surface area contributed by atoms with E-state index < -0.39 is 12.1 Å². The molecule has 9 heteroatoms. The summed E-state index contributed by atoms with van der Waals surface area (Å²) in [5.74, 6) is 0.176. The molecule has 194 valence electrons. The van der Waals surface area contributed by atoms with Crippen molar-refractivity contribution in [2.24, 2.45) is 11.7 Å². The summed E-state index contributed by atoms with van der Waals surface area (Å²) in [4.78, 5) is 31.4. The zero-order chi connectivity index (χ0) is 24.4. The lowest BCUT2D eigenvalue weighted by Gasteiger charge is -2.28. The van der Waals surface area contributed by atoms with Gasteiger partial charge in [-0.25, -0.2) is 4.98 Å². The van der Waals surface area contributed by atoms with Gasteiger partial charge in [0.1, 0.15) is 5.82 Å². The fourth-order valence-corrected chi connectivity index (χ4v) is 5.08. The van der Waals surface area contributed by atoms with Crippen molar-refractivity contribution in [1.82, 2.24) is 15.2 Å². The van der Waals surface area contributed by atoms with Crippen molar-refractivity contribution in [3.63, 3.8) is 0 Å². The van der Waals surface area contributed by atoms with Gasteiger partial charge in [-0.05, 0) is 73.1 Å². The number of amides is 2. The highest BCUT2D eigenvalue weighted by Crippen LogP contribution is 2.31. The third-order valence-electron chi connectivity index (χ3n) is 7.04. The Balaban J connectivity index is 0.00000228. The van der Waals surface area contributed by atoms with Crippen LogP contribution in [0, 0.1) is 19.8 Å². The maximum absolute atomic E-state index is 13.0. The number of benzene rings is 2. The number of nitrogen functional groups attached to an aromatic ring is 1. The molecule has 0 spiro atoms. The topological polar surface area (TPSA) is 114 Å². The lowest BCUT2D eigenvalue weighted by molar-refractivity contribution is -0.129. The molecule has 1 aromatic heterocycles. The van der Waals surface area contributed by atoms with Gasteiger partial charge in [-0.3, -0.25) is 14.5 Å². The van der Waals surface area contributed by atoms with Crippen molar-refractivity contribution in [3.05, 3.63) is 70.9 Å². The second-order valence-electron chi connectivity index (χ2n) is 9.38. The standard InChI is InChI=1S/C27H33N5O2.2ClH/c1-16-8-9-20(23-7-5-4-6-22(16)23)12-19-13-24(26(29)33)32(15-19)18(3)27(34)30-14-21-10-11-25(28)31-17(21)2;;/h4-11,18-19,24H,12-15H2,1-3H3,(H2,28,31)(H2,29,33)(H,30,34);2*1H/t18-,19?,24?;;/m0../s1. The van der Waals surface area contributed by atoms with Crippen LogP contribution in [0.4, 0.5) is 5.82 Å². The fraction of sp³-hybridized carbons (Fsp3) is 0.370. The molecule has 4 rings (SSSR count). The van der Waals surface area contributed by atoms with Crippen LogP contribution in [-0.2, 0) is 22.6 Å². The van der Waals surface area contributed by atoms with Crippen LogP contribution >= 0.6 is 24.8 Å². The molecule has 2 amide bonds. The quantitative estimate of drug-likeness (QED) is 0.430. The normalized spacial score (nSPS) is 18.2. The average Bonchev–Trinajstić information content (AvgIpc) is 3.24. The number of hydrogen-bond acceptors (Lipinski definition) is 5. The summed E-state index contributed by atoms with van der Waals surface area (Å²) in [5.41, 5.74) is 15.7. The molecule has 2 unspecified atom stereocenters. The first-order chi connectivity index (χ1) is 16.2. The summed E-state index contributed by atoms with van der Waals surface area (Å²) in [5, 5.41) is 5.47. The Hall–Kier alpha value is -2.87. The monoisotopic (exact) mass is 531 g/mol. The number of carbonyl (C=O) groups excluding carboxylic acids is 2. The zero-order valence-electron chi connectivity index (χ0n) is 20.9. The van der Waals surface area contributed by atoms with Crippen LogP contribution in [0.5, 0.6) is 0 Å². The summed E-state index contributed by atoms with van der Waals surface area (Å²) in [6.07, 6.45) is 1.49. The van der Waals surface area contributed by atoms with E-state index in [9.17, 15) is 9.59 Å². The number of nitrogens with zero attached hydrogens (tertiary/aromatic N) is 2. The molecule has 1 aliphatic rings. The highest BCUT2D eigenvalue weighted by molar-refractivity contribution is 5.89. The van der Waals surface area contributed by atoms with E-state index in [1.165, 1.54) is 21.9 Å². The number of nitrogens with one attached hydrogen (secondary N) is 1. The number of carbonyl (C=O) groups is 2. The van der Waals surface area contributed by atoms with Crippen LogP contribution in [0.2, 0.25) is 0 Å². The van der Waals surface area contributed by atoms with E-state index >= 15 is 0 Å². The molecule has 3 aromatic rings. The maximum Gasteiger partial charge on any atom is 0.237 e. The van der Waals surface area contributed by atoms with Crippen molar-refractivity contribution in [2.45, 2.75) is 52.2 Å². The Morgan fingerprint density at radius 1 is 1.06 bits per heavy atom. The second kappa shape index (κ2) is 12.4. The first-order valence-corrected chi connectivity index (χ1v) is 11.8. The van der Waals surface area contributed by atoms with Gasteiger partial charge in [-0.15, -0.1) is 24.8 Å². The van der Waals surface area contributed by atoms with Gasteiger partial charge < -0.3 is 16.8 Å². The first kappa shape index (κ1) is 29.4. The molecular formula is C27H35Cl2N5O2. The minimum Gasteiger partial charge on any atom is -0.384 e. The summed E-state index contributed by atoms with van der Waals surface area (Å²) in [7, 11) is 0. The molecule has 7 nitrogen and oxygen atoms in total. The second-order valence-corrected chi connectivity index (χ2v) is 9.38. The number of aryl methyl sites for hydroxylation is 2. The van der Waals surface area contributed by atoms with Crippen molar-refractivity contribution < 1.29 is 9.59 Å². The summed E-state index contributed by atoms with van der Waals surface area (Å²) in [6.45, 7) is 6.82. The van der Waals surface area contributed by atoms with Crippen LogP contribution in [0.15, 0.2) is 48.5 Å². The van der Waals surface area contributed by atoms with E-state index in [2.05, 4.69) is 53.6 Å². The number of aromatic nitrogens is 1. The van der Waals surface area contributed by atoms with Crippen molar-refractivity contribution in [2.75, 3.05) is 12.3 Å². The molecule has 3 atom stereocenters. The molecule has 0 bridgehead atoms. The van der Waals surface area contributed by atoms with Crippen LogP contribution in [0.25, 0.3) is 10.8 Å². The van der Waals surface area contributed by atoms with Gasteiger partial charge in [-0.2, -0.15) is 0 Å². The number of halogens is 2. The SMILES string of the molecule is Cc1nc(N)ccc1CNC(=O)[C@H](C)N1CC(Cc2ccc(C)c3ccccc23)CC1C(N)=O.Cl.Cl. The van der Waals surface area contributed by atoms with E-state index in [1.807, 2.05) is 24.8 Å². The predicted octanol–water partition coefficient (Wildman–Crippen LogP) is 3.70. The minimum absolute atomic E-state index is 0. The number of anilines is 1. The Morgan fingerprint density at radius 2 is 1.72 bits per heavy atom. The number of fused-ring (bicyclic) bond motifs is 1. The first-order valence-electron chi connectivity index (χ1n) is 11.8. The van der Waals surface area contributed by atoms with E-state index in [4.69, 9.17) is 11.5 Å². The predicted molar refractivity (Wildman–Crippen MR) is 149 cm³/mol. The number of likely N-dealkylation sites (tertiary alicyclic amines) is 1. The van der Waals surface area contributed by atoms with Crippen molar-refractivity contribution in [3.8, 4) is 0 Å². The highest BCUT2D eigenvalue weighted by atomic mass is 35.5. The van der Waals surface area contributed by atoms with E-state index in [1.54, 1.807) is 6.07 Å². The van der Waals surface area contributed by atoms with Gasteiger partial charge in [-0.1, -0.05) is 42.5 Å². The number of rotatable bonds is 7. The summed E-state index contributed by atoms with van der Waals surface area (Å²) >= 11 is 0. The largest absolute Gasteiger partial charge is 0.384 e. The Bertz CT molecular complexity index is 1240. The molecule has 1 saturated heterocycles. The number of primary amides is 1. The van der Waals surface area contributed by atoms with Crippen LogP contribution in [0.3, 0.4) is 0 Å². The van der Waals surface area contributed by atoms with Crippen LogP contribution < -0.4 is 16.8 Å². The van der Waals surface area contributed by atoms with Gasteiger partial charge in [0.2, 0.25) is 11.8 Å². The average molecular weight is 533 g/mol. The number of pyridine rings is 1. The van der Waals surface area contributed by atoms with Crippen molar-refractivity contribution in [1.29, 1.82) is 0 Å².